The van der Waals surface area contributed by atoms with Gasteiger partial charge >= 0.3 is 5.69 Å². The van der Waals surface area contributed by atoms with Gasteiger partial charge in [-0.1, -0.05) is 6.92 Å². The highest BCUT2D eigenvalue weighted by atomic mass is 19.1. The summed E-state index contributed by atoms with van der Waals surface area (Å²) in [5.74, 6) is 5.84. The lowest BCUT2D eigenvalue weighted by Gasteiger charge is -2.24. The molecule has 2 heterocycles. The van der Waals surface area contributed by atoms with Gasteiger partial charge in [0.1, 0.15) is 11.2 Å². The molecule has 0 bridgehead atoms. The van der Waals surface area contributed by atoms with Gasteiger partial charge in [-0.05, 0) is 37.3 Å². The first-order valence-electron chi connectivity index (χ1n) is 9.16. The van der Waals surface area contributed by atoms with E-state index in [0.717, 1.165) is 18.9 Å². The van der Waals surface area contributed by atoms with Crippen molar-refractivity contribution in [3.63, 3.8) is 0 Å². The molecule has 4 rings (SSSR count). The molecule has 0 spiro atoms. The Kier molecular flexibility index (Phi) is 4.14. The predicted octanol–water partition coefficient (Wildman–Crippen LogP) is 0.391. The summed E-state index contributed by atoms with van der Waals surface area (Å²) < 4.78 is 22.7. The molecule has 2 fully saturated rings. The van der Waals surface area contributed by atoms with Crippen LogP contribution in [0.3, 0.4) is 0 Å². The van der Waals surface area contributed by atoms with Crippen LogP contribution in [0.1, 0.15) is 25.8 Å². The molecule has 1 aliphatic carbocycles. The SMILES string of the molecule is COc1c(N2CC(C)C(CN)C2)c(F)cc2c(=O)n(N)c(=O)n(C3CC3)c12. The summed E-state index contributed by atoms with van der Waals surface area (Å²) >= 11 is 0. The Hall–Kier alpha value is -2.55. The van der Waals surface area contributed by atoms with Crippen LogP contribution in [-0.4, -0.2) is 36.0 Å². The molecule has 0 radical (unpaired) electrons. The van der Waals surface area contributed by atoms with Gasteiger partial charge in [-0.15, -0.1) is 0 Å². The Bertz CT molecular complexity index is 1030. The lowest BCUT2D eigenvalue weighted by atomic mass is 9.99. The van der Waals surface area contributed by atoms with Crippen LogP contribution in [0.2, 0.25) is 0 Å². The fraction of sp³-hybridized carbons (Fsp3) is 0.556. The van der Waals surface area contributed by atoms with Gasteiger partial charge in [0.05, 0.1) is 12.5 Å². The molecule has 4 N–H and O–H groups in total. The zero-order chi connectivity index (χ0) is 19.5. The minimum Gasteiger partial charge on any atom is -0.492 e. The number of rotatable bonds is 4. The Morgan fingerprint density at radius 1 is 1.30 bits per heavy atom. The number of hydrogen-bond donors (Lipinski definition) is 2. The number of ether oxygens (including phenoxy) is 1. The highest BCUT2D eigenvalue weighted by molar-refractivity contribution is 5.91. The van der Waals surface area contributed by atoms with Crippen molar-refractivity contribution in [2.45, 2.75) is 25.8 Å². The molecule has 8 nitrogen and oxygen atoms in total. The lowest BCUT2D eigenvalue weighted by molar-refractivity contribution is 0.412. The highest BCUT2D eigenvalue weighted by Crippen LogP contribution is 2.43. The summed E-state index contributed by atoms with van der Waals surface area (Å²) in [5.41, 5.74) is 5.09. The number of aromatic nitrogens is 2. The standard InChI is InChI=1S/C18H24FN5O3/c1-9-7-22(8-10(9)6-20)15-13(19)5-12-14(16(15)27-2)23(11-3-4-11)18(26)24(21)17(12)25/h5,9-11H,3-4,6-8,20-21H2,1-2H3. The third-order valence-electron chi connectivity index (χ3n) is 5.79. The molecule has 2 atom stereocenters. The maximum Gasteiger partial charge on any atom is 0.350 e. The molecule has 1 saturated carbocycles. The summed E-state index contributed by atoms with van der Waals surface area (Å²) in [6.07, 6.45) is 1.61. The van der Waals surface area contributed by atoms with Crippen molar-refractivity contribution >= 4 is 16.6 Å². The van der Waals surface area contributed by atoms with E-state index in [0.29, 0.717) is 35.7 Å². The van der Waals surface area contributed by atoms with Crippen LogP contribution in [0.5, 0.6) is 5.75 Å². The molecule has 9 heteroatoms. The third-order valence-corrected chi connectivity index (χ3v) is 5.79. The molecule has 2 aliphatic rings. The third kappa shape index (κ3) is 2.60. The van der Waals surface area contributed by atoms with Crippen LogP contribution < -0.4 is 32.5 Å². The Morgan fingerprint density at radius 2 is 2.00 bits per heavy atom. The zero-order valence-electron chi connectivity index (χ0n) is 15.4. The van der Waals surface area contributed by atoms with Gasteiger partial charge < -0.3 is 21.2 Å². The smallest absolute Gasteiger partial charge is 0.350 e. The van der Waals surface area contributed by atoms with E-state index in [1.54, 1.807) is 0 Å². The van der Waals surface area contributed by atoms with Crippen molar-refractivity contribution in [2.75, 3.05) is 37.5 Å². The van der Waals surface area contributed by atoms with Gasteiger partial charge in [0.2, 0.25) is 0 Å². The van der Waals surface area contributed by atoms with Crippen molar-refractivity contribution < 1.29 is 9.13 Å². The normalized spacial score (nSPS) is 22.6. The van der Waals surface area contributed by atoms with Gasteiger partial charge in [-0.25, -0.2) is 9.18 Å². The number of hydrogen-bond acceptors (Lipinski definition) is 6. The van der Waals surface area contributed by atoms with Crippen LogP contribution in [0, 0.1) is 17.7 Å². The quantitative estimate of drug-likeness (QED) is 0.746. The summed E-state index contributed by atoms with van der Waals surface area (Å²) in [4.78, 5) is 27.1. The van der Waals surface area contributed by atoms with E-state index in [1.807, 2.05) is 4.90 Å². The van der Waals surface area contributed by atoms with Crippen LogP contribution >= 0.6 is 0 Å². The molecule has 1 aliphatic heterocycles. The van der Waals surface area contributed by atoms with Crippen molar-refractivity contribution in [2.24, 2.45) is 17.6 Å². The van der Waals surface area contributed by atoms with Crippen molar-refractivity contribution in [3.8, 4) is 5.75 Å². The summed E-state index contributed by atoms with van der Waals surface area (Å²) in [7, 11) is 1.42. The Labute approximate surface area is 155 Å². The first-order valence-corrected chi connectivity index (χ1v) is 9.16. The molecule has 0 amide bonds. The number of nitrogens with zero attached hydrogens (tertiary/aromatic N) is 3. The first kappa shape index (κ1) is 17.8. The zero-order valence-corrected chi connectivity index (χ0v) is 15.4. The molecule has 1 aromatic heterocycles. The predicted molar refractivity (Wildman–Crippen MR) is 101 cm³/mol. The van der Waals surface area contributed by atoms with Crippen LogP contribution in [0.25, 0.3) is 10.9 Å². The maximum atomic E-state index is 15.1. The molecule has 1 aromatic carbocycles. The van der Waals surface area contributed by atoms with Gasteiger partial charge in [0.15, 0.2) is 11.6 Å². The van der Waals surface area contributed by atoms with E-state index in [-0.39, 0.29) is 28.8 Å². The van der Waals surface area contributed by atoms with Crippen LogP contribution in [0.15, 0.2) is 15.7 Å². The number of benzene rings is 1. The Morgan fingerprint density at radius 3 is 2.56 bits per heavy atom. The lowest BCUT2D eigenvalue weighted by Crippen LogP contribution is -2.44. The highest BCUT2D eigenvalue weighted by Gasteiger charge is 2.35. The van der Waals surface area contributed by atoms with Crippen LogP contribution in [-0.2, 0) is 0 Å². The van der Waals surface area contributed by atoms with Gasteiger partial charge in [-0.3, -0.25) is 9.36 Å². The van der Waals surface area contributed by atoms with Crippen molar-refractivity contribution in [1.29, 1.82) is 0 Å². The number of fused-ring (bicyclic) bond motifs is 1. The summed E-state index contributed by atoms with van der Waals surface area (Å²) in [6, 6.07) is 1.11. The molecule has 146 valence electrons. The number of methoxy groups -OCH3 is 1. The second-order valence-electron chi connectivity index (χ2n) is 7.57. The minimum atomic E-state index is -0.731. The van der Waals surface area contributed by atoms with Crippen molar-refractivity contribution in [1.82, 2.24) is 9.24 Å². The Balaban J connectivity index is 2.03. The molecule has 2 unspecified atom stereocenters. The average molecular weight is 377 g/mol. The number of nitrogens with two attached hydrogens (primary N) is 2. The monoisotopic (exact) mass is 377 g/mol. The van der Waals surface area contributed by atoms with E-state index in [1.165, 1.54) is 11.7 Å². The summed E-state index contributed by atoms with van der Waals surface area (Å²) in [5, 5.41) is 0.0460. The second-order valence-corrected chi connectivity index (χ2v) is 7.57. The molecule has 2 aromatic rings. The minimum absolute atomic E-state index is 0.0460. The van der Waals surface area contributed by atoms with Gasteiger partial charge in [0.25, 0.3) is 5.56 Å². The van der Waals surface area contributed by atoms with Gasteiger partial charge in [-0.2, -0.15) is 4.68 Å². The maximum absolute atomic E-state index is 15.1. The van der Waals surface area contributed by atoms with E-state index in [4.69, 9.17) is 16.3 Å². The molecular formula is C18H24FN5O3. The van der Waals surface area contributed by atoms with Crippen LogP contribution in [0.4, 0.5) is 10.1 Å². The largest absolute Gasteiger partial charge is 0.492 e. The number of nitrogen functional groups attached to an aromatic ring is 1. The van der Waals surface area contributed by atoms with Gasteiger partial charge in [0, 0.05) is 19.1 Å². The van der Waals surface area contributed by atoms with Crippen molar-refractivity contribution in [3.05, 3.63) is 32.7 Å². The van der Waals surface area contributed by atoms with E-state index < -0.39 is 17.1 Å². The number of anilines is 1. The fourth-order valence-electron chi connectivity index (χ4n) is 4.12. The first-order chi connectivity index (χ1) is 12.9. The second kappa shape index (κ2) is 6.26. The molecule has 1 saturated heterocycles. The fourth-order valence-corrected chi connectivity index (χ4v) is 4.12. The molecule has 27 heavy (non-hydrogen) atoms. The van der Waals surface area contributed by atoms with E-state index in [2.05, 4.69) is 6.92 Å². The average Bonchev–Trinajstić information content (AvgIpc) is 3.41. The topological polar surface area (TPSA) is 109 Å². The van der Waals surface area contributed by atoms with E-state index in [9.17, 15) is 9.59 Å². The molecular weight excluding hydrogens is 353 g/mol. The number of halogens is 1. The summed E-state index contributed by atoms with van der Waals surface area (Å²) in [6.45, 7) is 3.82. The van der Waals surface area contributed by atoms with E-state index >= 15 is 4.39 Å².